The zero-order valence-electron chi connectivity index (χ0n) is 12.7. The molecular weight excluding hydrogens is 248 g/mol. The summed E-state index contributed by atoms with van der Waals surface area (Å²) < 4.78 is 0. The number of rotatable bonds is 4. The molecule has 1 heterocycles. The van der Waals surface area contributed by atoms with E-state index >= 15 is 0 Å². The average molecular weight is 272 g/mol. The summed E-state index contributed by atoms with van der Waals surface area (Å²) in [6.45, 7) is 9.42. The largest absolute Gasteiger partial charge is 0.368 e. The summed E-state index contributed by atoms with van der Waals surface area (Å²) in [7, 11) is 1.92. The molecule has 0 amide bonds. The Hall–Kier alpha value is -1.57. The molecule has 4 heteroatoms. The number of anilines is 1. The zero-order chi connectivity index (χ0) is 14.5. The number of nitrogens with one attached hydrogen (secondary N) is 1. The minimum atomic E-state index is 0.602. The number of hydrogen-bond donors (Lipinski definition) is 1. The maximum atomic E-state index is 9.37. The Morgan fingerprint density at radius 1 is 1.25 bits per heavy atom. The number of benzene rings is 1. The van der Waals surface area contributed by atoms with Crippen LogP contribution in [0.3, 0.4) is 0 Å². The summed E-state index contributed by atoms with van der Waals surface area (Å²) in [6.07, 6.45) is 0. The van der Waals surface area contributed by atoms with Gasteiger partial charge < -0.3 is 10.2 Å². The van der Waals surface area contributed by atoms with E-state index in [1.165, 1.54) is 0 Å². The molecule has 1 N–H and O–H groups in total. The average Bonchev–Trinajstić information content (AvgIpc) is 2.47. The monoisotopic (exact) mass is 272 g/mol. The van der Waals surface area contributed by atoms with Crippen LogP contribution in [-0.2, 0) is 6.54 Å². The van der Waals surface area contributed by atoms with E-state index in [2.05, 4.69) is 47.2 Å². The van der Waals surface area contributed by atoms with E-state index in [4.69, 9.17) is 0 Å². The molecule has 0 bridgehead atoms. The van der Waals surface area contributed by atoms with Crippen molar-refractivity contribution >= 4 is 5.69 Å². The van der Waals surface area contributed by atoms with Gasteiger partial charge >= 0.3 is 0 Å². The van der Waals surface area contributed by atoms with Gasteiger partial charge in [0.25, 0.3) is 0 Å². The summed E-state index contributed by atoms with van der Waals surface area (Å²) >= 11 is 0. The molecule has 0 radical (unpaired) electrons. The third-order valence-electron chi connectivity index (χ3n) is 3.95. The predicted molar refractivity (Wildman–Crippen MR) is 82.8 cm³/mol. The molecule has 1 aromatic rings. The first-order valence-electron chi connectivity index (χ1n) is 7.32. The minimum absolute atomic E-state index is 0.602. The topological polar surface area (TPSA) is 42.3 Å². The Morgan fingerprint density at radius 2 is 1.95 bits per heavy atom. The quantitative estimate of drug-likeness (QED) is 0.907. The smallest absolute Gasteiger partial charge is 0.101 e. The van der Waals surface area contributed by atoms with Crippen molar-refractivity contribution in [1.82, 2.24) is 10.2 Å². The third kappa shape index (κ3) is 3.30. The molecular formula is C16H24N4. The van der Waals surface area contributed by atoms with E-state index < -0.39 is 0 Å². The molecule has 1 aliphatic rings. The first kappa shape index (κ1) is 14.8. The Labute approximate surface area is 122 Å². The van der Waals surface area contributed by atoms with Crippen LogP contribution in [-0.4, -0.2) is 44.2 Å². The van der Waals surface area contributed by atoms with Crippen LogP contribution >= 0.6 is 0 Å². The fourth-order valence-corrected chi connectivity index (χ4v) is 2.74. The lowest BCUT2D eigenvalue weighted by molar-refractivity contribution is 0.209. The molecule has 0 aliphatic carbocycles. The molecule has 4 nitrogen and oxygen atoms in total. The van der Waals surface area contributed by atoms with Crippen LogP contribution in [0.25, 0.3) is 0 Å². The van der Waals surface area contributed by atoms with Crippen molar-refractivity contribution in [1.29, 1.82) is 5.26 Å². The molecule has 0 atom stereocenters. The Kier molecular flexibility index (Phi) is 4.99. The lowest BCUT2D eigenvalue weighted by atomic mass is 10.1. The van der Waals surface area contributed by atoms with E-state index in [-0.39, 0.29) is 0 Å². The molecule has 0 spiro atoms. The van der Waals surface area contributed by atoms with Crippen molar-refractivity contribution in [2.75, 3.05) is 38.1 Å². The van der Waals surface area contributed by atoms with Gasteiger partial charge in [0.05, 0.1) is 11.3 Å². The van der Waals surface area contributed by atoms with E-state index in [9.17, 15) is 5.26 Å². The summed E-state index contributed by atoms with van der Waals surface area (Å²) in [5, 5.41) is 12.5. The van der Waals surface area contributed by atoms with Crippen LogP contribution in [0.1, 0.15) is 25.0 Å². The van der Waals surface area contributed by atoms with Crippen LogP contribution in [0.4, 0.5) is 5.69 Å². The van der Waals surface area contributed by atoms with Crippen LogP contribution in [0.15, 0.2) is 18.2 Å². The van der Waals surface area contributed by atoms with Gasteiger partial charge in [0.1, 0.15) is 6.07 Å². The highest BCUT2D eigenvalue weighted by atomic mass is 15.3. The van der Waals surface area contributed by atoms with E-state index in [1.54, 1.807) is 0 Å². The fraction of sp³-hybridized carbons (Fsp3) is 0.562. The molecule has 0 unspecified atom stereocenters. The van der Waals surface area contributed by atoms with Gasteiger partial charge in [-0.2, -0.15) is 5.26 Å². The van der Waals surface area contributed by atoms with Gasteiger partial charge in [-0.25, -0.2) is 0 Å². The SMILES string of the molecule is CNCc1ccc(N2CCN(C(C)C)CC2)c(C#N)c1. The van der Waals surface area contributed by atoms with Crippen molar-refractivity contribution in [2.24, 2.45) is 0 Å². The molecule has 1 saturated heterocycles. The molecule has 2 rings (SSSR count). The number of nitrogens with zero attached hydrogens (tertiary/aromatic N) is 3. The maximum Gasteiger partial charge on any atom is 0.101 e. The molecule has 1 aromatic carbocycles. The van der Waals surface area contributed by atoms with Crippen molar-refractivity contribution in [3.8, 4) is 6.07 Å². The van der Waals surface area contributed by atoms with Crippen LogP contribution in [0.5, 0.6) is 0 Å². The van der Waals surface area contributed by atoms with Crippen LogP contribution < -0.4 is 10.2 Å². The standard InChI is InChI=1S/C16H24N4/c1-13(2)19-6-8-20(9-7-19)16-5-4-14(12-18-3)10-15(16)11-17/h4-5,10,13,18H,6-9,12H2,1-3H3. The van der Waals surface area contributed by atoms with Gasteiger partial charge in [-0.3, -0.25) is 4.90 Å². The first-order valence-corrected chi connectivity index (χ1v) is 7.32. The Balaban J connectivity index is 2.12. The summed E-state index contributed by atoms with van der Waals surface area (Å²) in [4.78, 5) is 4.82. The van der Waals surface area contributed by atoms with Gasteiger partial charge in [-0.1, -0.05) is 6.07 Å². The first-order chi connectivity index (χ1) is 9.65. The lowest BCUT2D eigenvalue weighted by Crippen LogP contribution is -2.49. The normalized spacial score (nSPS) is 16.4. The Bertz CT molecular complexity index is 482. The molecule has 0 saturated carbocycles. The van der Waals surface area contributed by atoms with Gasteiger partial charge in [0, 0.05) is 38.8 Å². The van der Waals surface area contributed by atoms with Crippen LogP contribution in [0, 0.1) is 11.3 Å². The highest BCUT2D eigenvalue weighted by Gasteiger charge is 2.20. The third-order valence-corrected chi connectivity index (χ3v) is 3.95. The van der Waals surface area contributed by atoms with E-state index in [0.717, 1.165) is 49.5 Å². The Morgan fingerprint density at radius 3 is 2.50 bits per heavy atom. The molecule has 0 aromatic heterocycles. The summed E-state index contributed by atoms with van der Waals surface area (Å²) in [6, 6.07) is 9.15. The molecule has 108 valence electrons. The highest BCUT2D eigenvalue weighted by Crippen LogP contribution is 2.23. The van der Waals surface area contributed by atoms with Gasteiger partial charge in [-0.15, -0.1) is 0 Å². The van der Waals surface area contributed by atoms with Crippen molar-refractivity contribution < 1.29 is 0 Å². The fourth-order valence-electron chi connectivity index (χ4n) is 2.74. The highest BCUT2D eigenvalue weighted by molar-refractivity contribution is 5.60. The summed E-state index contributed by atoms with van der Waals surface area (Å²) in [5.41, 5.74) is 3.03. The zero-order valence-corrected chi connectivity index (χ0v) is 12.7. The van der Waals surface area contributed by atoms with Gasteiger partial charge in [-0.05, 0) is 38.6 Å². The second-order valence-electron chi connectivity index (χ2n) is 5.61. The lowest BCUT2D eigenvalue weighted by Gasteiger charge is -2.38. The van der Waals surface area contributed by atoms with Crippen molar-refractivity contribution in [3.05, 3.63) is 29.3 Å². The van der Waals surface area contributed by atoms with E-state index in [1.807, 2.05) is 13.1 Å². The minimum Gasteiger partial charge on any atom is -0.368 e. The molecule has 1 fully saturated rings. The summed E-state index contributed by atoms with van der Waals surface area (Å²) in [5.74, 6) is 0. The second kappa shape index (κ2) is 6.74. The maximum absolute atomic E-state index is 9.37. The number of hydrogen-bond acceptors (Lipinski definition) is 4. The number of nitriles is 1. The molecule has 1 aliphatic heterocycles. The van der Waals surface area contributed by atoms with Gasteiger partial charge in [0.15, 0.2) is 0 Å². The second-order valence-corrected chi connectivity index (χ2v) is 5.61. The number of piperazine rings is 1. The molecule has 20 heavy (non-hydrogen) atoms. The van der Waals surface area contributed by atoms with Crippen molar-refractivity contribution in [2.45, 2.75) is 26.4 Å². The van der Waals surface area contributed by atoms with Crippen molar-refractivity contribution in [3.63, 3.8) is 0 Å². The predicted octanol–water partition coefficient (Wildman–Crippen LogP) is 1.81. The van der Waals surface area contributed by atoms with Gasteiger partial charge in [0.2, 0.25) is 0 Å². The van der Waals surface area contributed by atoms with Crippen LogP contribution in [0.2, 0.25) is 0 Å². The van der Waals surface area contributed by atoms with E-state index in [0.29, 0.717) is 6.04 Å².